The molecule has 4 heterocycles. The molecule has 1 aromatic carbocycles. The molecule has 2 atom stereocenters. The summed E-state index contributed by atoms with van der Waals surface area (Å²) >= 11 is 1.75. The van der Waals surface area contributed by atoms with E-state index in [1.54, 1.807) is 17.7 Å². The van der Waals surface area contributed by atoms with E-state index in [4.69, 9.17) is 0 Å². The molecule has 3 aromatic heterocycles. The van der Waals surface area contributed by atoms with Gasteiger partial charge in [0, 0.05) is 43.5 Å². The van der Waals surface area contributed by atoms with Gasteiger partial charge in [-0.05, 0) is 43.4 Å². The van der Waals surface area contributed by atoms with E-state index < -0.39 is 0 Å². The predicted molar refractivity (Wildman–Crippen MR) is 134 cm³/mol. The number of aromatic nitrogens is 5. The molecule has 0 radical (unpaired) electrons. The summed E-state index contributed by atoms with van der Waals surface area (Å²) in [4.78, 5) is 29.4. The number of aryl methyl sites for hydroxylation is 1. The average molecular weight is 476 g/mol. The third-order valence-electron chi connectivity index (χ3n) is 7.40. The van der Waals surface area contributed by atoms with E-state index in [2.05, 4.69) is 49.1 Å². The smallest absolute Gasteiger partial charge is 0.226 e. The van der Waals surface area contributed by atoms with E-state index in [0.29, 0.717) is 11.8 Å². The normalized spacial score (nSPS) is 21.1. The van der Waals surface area contributed by atoms with Gasteiger partial charge in [-0.1, -0.05) is 30.7 Å². The Balaban J connectivity index is 1.13. The Morgan fingerprint density at radius 2 is 1.97 bits per heavy atom. The second-order valence-corrected chi connectivity index (χ2v) is 10.5. The molecule has 9 heteroatoms. The number of carbonyl (C=O) groups is 1. The van der Waals surface area contributed by atoms with Crippen LogP contribution in [-0.4, -0.2) is 61.9 Å². The molecule has 4 aromatic rings. The Labute approximate surface area is 202 Å². The molecule has 1 amide bonds. The van der Waals surface area contributed by atoms with Crippen molar-refractivity contribution in [2.24, 2.45) is 11.8 Å². The minimum atomic E-state index is 0.0734. The lowest BCUT2D eigenvalue weighted by atomic mass is 9.94. The molecular formula is C25H29N7OS. The van der Waals surface area contributed by atoms with Crippen LogP contribution in [0.4, 0.5) is 5.82 Å². The molecule has 6 rings (SSSR count). The number of para-hydroxylation sites is 1. The highest BCUT2D eigenvalue weighted by Gasteiger charge is 2.37. The Hall–Kier alpha value is -3.07. The van der Waals surface area contributed by atoms with E-state index >= 15 is 0 Å². The molecule has 0 N–H and O–H groups in total. The number of fused-ring (bicyclic) bond motifs is 2. The summed E-state index contributed by atoms with van der Waals surface area (Å²) in [5, 5.41) is 9.79. The van der Waals surface area contributed by atoms with Crippen LogP contribution >= 0.6 is 11.3 Å². The van der Waals surface area contributed by atoms with E-state index in [-0.39, 0.29) is 5.92 Å². The molecule has 1 saturated heterocycles. The summed E-state index contributed by atoms with van der Waals surface area (Å²) in [6.45, 7) is 6.02. The standard InChI is InChI=1S/C25H29N7OS/c1-2-18-14-20-23(26-16-27-24(20)34-18)30-10-12-31(13-11-30)25(33)19-7-5-6-17(19)15-32-22-9-4-3-8-21(22)28-29-32/h3-4,8-9,14,16-17,19H,2,5-7,10-13,15H2,1H3. The van der Waals surface area contributed by atoms with Gasteiger partial charge in [0.05, 0.1) is 10.9 Å². The first-order chi connectivity index (χ1) is 16.7. The van der Waals surface area contributed by atoms with Crippen molar-refractivity contribution in [3.8, 4) is 0 Å². The minimum Gasteiger partial charge on any atom is -0.352 e. The van der Waals surface area contributed by atoms with Crippen molar-refractivity contribution < 1.29 is 4.79 Å². The number of anilines is 1. The molecule has 2 unspecified atom stereocenters. The summed E-state index contributed by atoms with van der Waals surface area (Å²) < 4.78 is 1.98. The van der Waals surface area contributed by atoms with Crippen LogP contribution in [0.15, 0.2) is 36.7 Å². The zero-order valence-corrected chi connectivity index (χ0v) is 20.2. The van der Waals surface area contributed by atoms with Crippen molar-refractivity contribution in [2.45, 2.75) is 39.2 Å². The van der Waals surface area contributed by atoms with Crippen molar-refractivity contribution in [3.63, 3.8) is 0 Å². The third-order valence-corrected chi connectivity index (χ3v) is 8.59. The topological polar surface area (TPSA) is 80.0 Å². The number of carbonyl (C=O) groups excluding carboxylic acids is 1. The SMILES string of the molecule is CCc1cc2c(N3CCN(C(=O)C4CCCC4Cn4nnc5ccccc54)CC3)ncnc2s1. The molecule has 2 aliphatic rings. The highest BCUT2D eigenvalue weighted by Crippen LogP contribution is 2.36. The van der Waals surface area contributed by atoms with Gasteiger partial charge in [-0.2, -0.15) is 0 Å². The van der Waals surface area contributed by atoms with Crippen LogP contribution < -0.4 is 4.90 Å². The fourth-order valence-corrected chi connectivity index (χ4v) is 6.48. The molecule has 0 spiro atoms. The number of amides is 1. The first-order valence-corrected chi connectivity index (χ1v) is 13.1. The highest BCUT2D eigenvalue weighted by atomic mass is 32.1. The average Bonchev–Trinajstić information content (AvgIpc) is 3.62. The maximum atomic E-state index is 13.5. The number of hydrogen-bond acceptors (Lipinski definition) is 7. The third kappa shape index (κ3) is 3.81. The second kappa shape index (κ2) is 8.94. The molecule has 0 bridgehead atoms. The molecular weight excluding hydrogens is 446 g/mol. The van der Waals surface area contributed by atoms with Gasteiger partial charge < -0.3 is 9.80 Å². The first-order valence-electron chi connectivity index (χ1n) is 12.3. The second-order valence-electron chi connectivity index (χ2n) is 9.35. The van der Waals surface area contributed by atoms with Crippen molar-refractivity contribution in [3.05, 3.63) is 41.5 Å². The van der Waals surface area contributed by atoms with Gasteiger partial charge >= 0.3 is 0 Å². The van der Waals surface area contributed by atoms with Crippen LogP contribution in [0.1, 0.15) is 31.1 Å². The van der Waals surface area contributed by atoms with Gasteiger partial charge in [0.2, 0.25) is 5.91 Å². The maximum absolute atomic E-state index is 13.5. The molecule has 34 heavy (non-hydrogen) atoms. The largest absolute Gasteiger partial charge is 0.352 e. The monoisotopic (exact) mass is 475 g/mol. The van der Waals surface area contributed by atoms with Crippen LogP contribution in [-0.2, 0) is 17.8 Å². The fraction of sp³-hybridized carbons (Fsp3) is 0.480. The lowest BCUT2D eigenvalue weighted by molar-refractivity contribution is -0.137. The first kappa shape index (κ1) is 21.5. The van der Waals surface area contributed by atoms with Gasteiger partial charge in [0.1, 0.15) is 22.5 Å². The predicted octanol–water partition coefficient (Wildman–Crippen LogP) is 3.76. The summed E-state index contributed by atoms with van der Waals surface area (Å²) in [5.41, 5.74) is 1.96. The number of rotatable bonds is 5. The summed E-state index contributed by atoms with van der Waals surface area (Å²) in [6.07, 6.45) is 5.82. The van der Waals surface area contributed by atoms with E-state index in [0.717, 1.165) is 85.5 Å². The van der Waals surface area contributed by atoms with Crippen LogP contribution in [0, 0.1) is 11.8 Å². The Bertz CT molecular complexity index is 1320. The molecule has 1 saturated carbocycles. The van der Waals surface area contributed by atoms with Gasteiger partial charge in [-0.15, -0.1) is 16.4 Å². The molecule has 176 valence electrons. The number of nitrogens with zero attached hydrogens (tertiary/aromatic N) is 7. The van der Waals surface area contributed by atoms with Gasteiger partial charge in [-0.3, -0.25) is 4.79 Å². The fourth-order valence-electron chi connectivity index (χ4n) is 5.55. The lowest BCUT2D eigenvalue weighted by Crippen LogP contribution is -2.51. The molecule has 1 aliphatic heterocycles. The molecule has 1 aliphatic carbocycles. The van der Waals surface area contributed by atoms with Crippen LogP contribution in [0.3, 0.4) is 0 Å². The van der Waals surface area contributed by atoms with Crippen LogP contribution in [0.2, 0.25) is 0 Å². The summed E-state index contributed by atoms with van der Waals surface area (Å²) in [5.74, 6) is 1.70. The summed E-state index contributed by atoms with van der Waals surface area (Å²) in [6, 6.07) is 10.3. The van der Waals surface area contributed by atoms with Crippen molar-refractivity contribution >= 4 is 44.3 Å². The molecule has 2 fully saturated rings. The number of piperazine rings is 1. The highest BCUT2D eigenvalue weighted by molar-refractivity contribution is 7.18. The number of benzene rings is 1. The van der Waals surface area contributed by atoms with E-state index in [9.17, 15) is 4.79 Å². The quantitative estimate of drug-likeness (QED) is 0.437. The lowest BCUT2D eigenvalue weighted by Gasteiger charge is -2.37. The van der Waals surface area contributed by atoms with Gasteiger partial charge in [0.25, 0.3) is 0 Å². The Morgan fingerprint density at radius 1 is 1.12 bits per heavy atom. The molecule has 8 nitrogen and oxygen atoms in total. The summed E-state index contributed by atoms with van der Waals surface area (Å²) in [7, 11) is 0. The number of thiophene rings is 1. The van der Waals surface area contributed by atoms with E-state index in [1.165, 1.54) is 4.88 Å². The maximum Gasteiger partial charge on any atom is 0.226 e. The number of hydrogen-bond donors (Lipinski definition) is 0. The van der Waals surface area contributed by atoms with Crippen molar-refractivity contribution in [2.75, 3.05) is 31.1 Å². The zero-order valence-electron chi connectivity index (χ0n) is 19.4. The van der Waals surface area contributed by atoms with Crippen LogP contribution in [0.25, 0.3) is 21.3 Å². The zero-order chi connectivity index (χ0) is 23.1. The van der Waals surface area contributed by atoms with Crippen molar-refractivity contribution in [1.29, 1.82) is 0 Å². The van der Waals surface area contributed by atoms with Crippen molar-refractivity contribution in [1.82, 2.24) is 29.9 Å². The minimum absolute atomic E-state index is 0.0734. The van der Waals surface area contributed by atoms with Crippen LogP contribution in [0.5, 0.6) is 0 Å². The van der Waals surface area contributed by atoms with Gasteiger partial charge in [-0.25, -0.2) is 14.6 Å². The van der Waals surface area contributed by atoms with Gasteiger partial charge in [0.15, 0.2) is 0 Å². The Kier molecular flexibility index (Phi) is 5.64. The van der Waals surface area contributed by atoms with E-state index in [1.807, 2.05) is 22.9 Å². The Morgan fingerprint density at radius 3 is 2.82 bits per heavy atom.